The minimum absolute atomic E-state index is 0.139. The van der Waals surface area contributed by atoms with Crippen molar-refractivity contribution in [3.05, 3.63) is 31.9 Å². The highest BCUT2D eigenvalue weighted by Crippen LogP contribution is 2.26. The van der Waals surface area contributed by atoms with Crippen LogP contribution in [-0.2, 0) is 0 Å². The van der Waals surface area contributed by atoms with Crippen LogP contribution in [0.15, 0.2) is 18.2 Å². The fourth-order valence-corrected chi connectivity index (χ4v) is 1.89. The van der Waals surface area contributed by atoms with Crippen molar-refractivity contribution < 1.29 is 4.92 Å². The van der Waals surface area contributed by atoms with Gasteiger partial charge in [-0.1, -0.05) is 6.92 Å². The summed E-state index contributed by atoms with van der Waals surface area (Å²) in [6.07, 6.45) is 0.941. The van der Waals surface area contributed by atoms with E-state index in [0.717, 1.165) is 29.6 Å². The first-order valence-corrected chi connectivity index (χ1v) is 6.61. The van der Waals surface area contributed by atoms with Crippen molar-refractivity contribution in [3.8, 4) is 0 Å². The highest BCUT2D eigenvalue weighted by molar-refractivity contribution is 14.1. The summed E-state index contributed by atoms with van der Waals surface area (Å²) in [6, 6.07) is 5.19. The molecule has 0 saturated carbocycles. The van der Waals surface area contributed by atoms with E-state index < -0.39 is 0 Å². The average molecular weight is 349 g/mol. The maximum atomic E-state index is 10.9. The van der Waals surface area contributed by atoms with Gasteiger partial charge < -0.3 is 10.6 Å². The van der Waals surface area contributed by atoms with Crippen molar-refractivity contribution in [2.75, 3.05) is 25.0 Å². The van der Waals surface area contributed by atoms with Crippen LogP contribution in [0.25, 0.3) is 0 Å². The molecule has 0 aliphatic rings. The van der Waals surface area contributed by atoms with Gasteiger partial charge in [-0.05, 0) is 54.2 Å². The van der Waals surface area contributed by atoms with Gasteiger partial charge in [0.15, 0.2) is 0 Å². The van der Waals surface area contributed by atoms with E-state index in [1.165, 1.54) is 0 Å². The summed E-state index contributed by atoms with van der Waals surface area (Å²) in [6.45, 7) is 4.65. The van der Waals surface area contributed by atoms with Crippen molar-refractivity contribution >= 4 is 34.0 Å². The molecule has 1 aromatic carbocycles. The predicted octanol–water partition coefficient (Wildman–Crippen LogP) is 2.61. The number of hydrogen-bond acceptors (Lipinski definition) is 4. The van der Waals surface area contributed by atoms with E-state index in [0.29, 0.717) is 5.69 Å². The Bertz CT molecular complexity index is 385. The van der Waals surface area contributed by atoms with Gasteiger partial charge >= 0.3 is 0 Å². The van der Waals surface area contributed by atoms with Gasteiger partial charge in [0.1, 0.15) is 5.69 Å². The molecule has 0 aliphatic carbocycles. The Morgan fingerprint density at radius 1 is 1.41 bits per heavy atom. The summed E-state index contributed by atoms with van der Waals surface area (Å²) < 4.78 is 0.868. The Morgan fingerprint density at radius 2 is 2.18 bits per heavy atom. The summed E-state index contributed by atoms with van der Waals surface area (Å²) in [7, 11) is 0. The molecule has 6 heteroatoms. The number of nitrogens with zero attached hydrogens (tertiary/aromatic N) is 1. The molecule has 2 N–H and O–H groups in total. The summed E-state index contributed by atoms with van der Waals surface area (Å²) in [5, 5.41) is 17.2. The zero-order chi connectivity index (χ0) is 12.7. The summed E-state index contributed by atoms with van der Waals surface area (Å²) >= 11 is 2.07. The Kier molecular flexibility index (Phi) is 6.20. The normalized spacial score (nSPS) is 10.2. The summed E-state index contributed by atoms with van der Waals surface area (Å²) in [5.74, 6) is 0. The third-order valence-electron chi connectivity index (χ3n) is 2.25. The van der Waals surface area contributed by atoms with Crippen LogP contribution in [0.3, 0.4) is 0 Å². The van der Waals surface area contributed by atoms with E-state index in [1.54, 1.807) is 12.1 Å². The van der Waals surface area contributed by atoms with Crippen LogP contribution in [0.2, 0.25) is 0 Å². The van der Waals surface area contributed by atoms with E-state index >= 15 is 0 Å². The van der Waals surface area contributed by atoms with Gasteiger partial charge in [0.2, 0.25) is 0 Å². The zero-order valence-corrected chi connectivity index (χ0v) is 11.9. The number of benzene rings is 1. The van der Waals surface area contributed by atoms with E-state index in [-0.39, 0.29) is 10.6 Å². The lowest BCUT2D eigenvalue weighted by Gasteiger charge is -2.07. The van der Waals surface area contributed by atoms with E-state index in [4.69, 9.17) is 0 Å². The van der Waals surface area contributed by atoms with Crippen LogP contribution in [0.5, 0.6) is 0 Å². The van der Waals surface area contributed by atoms with Crippen LogP contribution in [-0.4, -0.2) is 24.6 Å². The quantitative estimate of drug-likeness (QED) is 0.344. The van der Waals surface area contributed by atoms with Crippen LogP contribution in [0.4, 0.5) is 11.4 Å². The molecule has 94 valence electrons. The zero-order valence-electron chi connectivity index (χ0n) is 9.70. The smallest absolute Gasteiger partial charge is 0.293 e. The first kappa shape index (κ1) is 14.2. The Hall–Kier alpha value is -0.890. The van der Waals surface area contributed by atoms with Crippen molar-refractivity contribution in [2.45, 2.75) is 13.3 Å². The lowest BCUT2D eigenvalue weighted by molar-refractivity contribution is -0.384. The Morgan fingerprint density at radius 3 is 2.82 bits per heavy atom. The number of halogens is 1. The van der Waals surface area contributed by atoms with Crippen LogP contribution in [0, 0.1) is 13.7 Å². The standard InChI is InChI=1S/C11H16IN3O2/c1-2-13-6-3-7-14-10-5-4-9(12)8-11(10)15(16)17/h4-5,8,13-14H,2-3,6-7H2,1H3. The van der Waals surface area contributed by atoms with E-state index in [2.05, 4.69) is 40.1 Å². The molecule has 0 unspecified atom stereocenters. The molecule has 1 aromatic rings. The summed E-state index contributed by atoms with van der Waals surface area (Å²) in [4.78, 5) is 10.5. The first-order valence-electron chi connectivity index (χ1n) is 5.53. The van der Waals surface area contributed by atoms with Crippen LogP contribution in [0.1, 0.15) is 13.3 Å². The lowest BCUT2D eigenvalue weighted by atomic mass is 10.2. The predicted molar refractivity (Wildman–Crippen MR) is 77.5 cm³/mol. The molecule has 0 bridgehead atoms. The molecule has 0 spiro atoms. The number of nitrogens with one attached hydrogen (secondary N) is 2. The molecule has 0 aliphatic heterocycles. The molecule has 17 heavy (non-hydrogen) atoms. The topological polar surface area (TPSA) is 67.2 Å². The molecule has 0 heterocycles. The number of nitro groups is 1. The maximum Gasteiger partial charge on any atom is 0.293 e. The highest BCUT2D eigenvalue weighted by atomic mass is 127. The molecule has 1 rings (SSSR count). The fraction of sp³-hybridized carbons (Fsp3) is 0.455. The number of hydrogen-bond donors (Lipinski definition) is 2. The van der Waals surface area contributed by atoms with Gasteiger partial charge in [-0.15, -0.1) is 0 Å². The van der Waals surface area contributed by atoms with Gasteiger partial charge in [-0.2, -0.15) is 0 Å². The second-order valence-corrected chi connectivity index (χ2v) is 4.80. The second kappa shape index (κ2) is 7.44. The second-order valence-electron chi connectivity index (χ2n) is 3.55. The lowest BCUT2D eigenvalue weighted by Crippen LogP contribution is -2.17. The monoisotopic (exact) mass is 349 g/mol. The Labute approximate surface area is 114 Å². The van der Waals surface area contributed by atoms with Crippen LogP contribution < -0.4 is 10.6 Å². The van der Waals surface area contributed by atoms with Gasteiger partial charge in [-0.25, -0.2) is 0 Å². The number of anilines is 1. The average Bonchev–Trinajstić information content (AvgIpc) is 2.30. The highest BCUT2D eigenvalue weighted by Gasteiger charge is 2.13. The molecular weight excluding hydrogens is 333 g/mol. The molecule has 0 saturated heterocycles. The molecule has 5 nitrogen and oxygen atoms in total. The minimum Gasteiger partial charge on any atom is -0.379 e. The molecule has 0 aromatic heterocycles. The largest absolute Gasteiger partial charge is 0.379 e. The Balaban J connectivity index is 2.55. The van der Waals surface area contributed by atoms with Crippen molar-refractivity contribution in [2.24, 2.45) is 0 Å². The van der Waals surface area contributed by atoms with Crippen molar-refractivity contribution in [1.29, 1.82) is 0 Å². The first-order chi connectivity index (χ1) is 8.15. The maximum absolute atomic E-state index is 10.9. The van der Waals surface area contributed by atoms with Gasteiger partial charge in [0.05, 0.1) is 4.92 Å². The molecule has 0 amide bonds. The van der Waals surface area contributed by atoms with E-state index in [9.17, 15) is 10.1 Å². The number of rotatable bonds is 7. The van der Waals surface area contributed by atoms with Crippen molar-refractivity contribution in [1.82, 2.24) is 5.32 Å². The molecular formula is C11H16IN3O2. The number of nitro benzene ring substituents is 1. The minimum atomic E-state index is -0.352. The fourth-order valence-electron chi connectivity index (χ4n) is 1.42. The summed E-state index contributed by atoms with van der Waals surface area (Å²) in [5.41, 5.74) is 0.729. The van der Waals surface area contributed by atoms with E-state index in [1.807, 2.05) is 6.07 Å². The molecule has 0 fully saturated rings. The van der Waals surface area contributed by atoms with Gasteiger partial charge in [0.25, 0.3) is 5.69 Å². The van der Waals surface area contributed by atoms with Gasteiger partial charge in [0, 0.05) is 16.2 Å². The molecule has 0 radical (unpaired) electrons. The molecule has 0 atom stereocenters. The van der Waals surface area contributed by atoms with Crippen molar-refractivity contribution in [3.63, 3.8) is 0 Å². The SMILES string of the molecule is CCNCCCNc1ccc(I)cc1[N+](=O)[O-]. The van der Waals surface area contributed by atoms with Crippen LogP contribution >= 0.6 is 22.6 Å². The third-order valence-corrected chi connectivity index (χ3v) is 2.92. The third kappa shape index (κ3) is 4.86. The van der Waals surface area contributed by atoms with Gasteiger partial charge in [-0.3, -0.25) is 10.1 Å².